The summed E-state index contributed by atoms with van der Waals surface area (Å²) in [6.07, 6.45) is 1.02. The third-order valence-electron chi connectivity index (χ3n) is 5.18. The number of azo groups is 1. The second-order valence-electron chi connectivity index (χ2n) is 11.0. The smallest absolute Gasteiger partial charge is 0.337 e. The van der Waals surface area contributed by atoms with Crippen LogP contribution in [0.25, 0.3) is 5.69 Å². The summed E-state index contributed by atoms with van der Waals surface area (Å²) >= 11 is 6.42. The quantitative estimate of drug-likeness (QED) is 0.0369. The number of rotatable bonds is 16. The number of hydrogen-bond acceptors (Lipinski definition) is 16. The van der Waals surface area contributed by atoms with Gasteiger partial charge < -0.3 is 15.2 Å². The summed E-state index contributed by atoms with van der Waals surface area (Å²) in [4.78, 5) is 23.0. The Hall–Kier alpha value is -3.02. The maximum Gasteiger partial charge on any atom is 0.337 e. The number of anilines is 1. The number of hydrogen-bond donors (Lipinski definition) is 2. The van der Waals surface area contributed by atoms with Crippen LogP contribution in [0, 0.1) is 11.4 Å². The van der Waals surface area contributed by atoms with Gasteiger partial charge in [-0.3, -0.25) is 4.79 Å². The Bertz CT molecular complexity index is 1420. The van der Waals surface area contributed by atoms with Crippen molar-refractivity contribution in [3.8, 4) is 5.69 Å². The van der Waals surface area contributed by atoms with Crippen LogP contribution < -0.4 is 5.73 Å². The molecule has 0 saturated carbocycles. The minimum absolute atomic E-state index is 0.0419. The summed E-state index contributed by atoms with van der Waals surface area (Å²) < 4.78 is 12.0. The standard InChI is InChI=1S/C24H31N9O4S4.C4H10/c1-24(2,3)19-18(28-29-22-30-31-23(41-22)40-7-5-6-38-14-39-12-27-26)20(25)33(32-19)17-9-15(11-37-13-34)8-16(10-17)21(35)36-4;1-4(2)3/h8-10,13,26H,5-7,11-12,14,25H2,1-4H3;4H,1-3H3. The number of aromatic nitrogens is 4. The van der Waals surface area contributed by atoms with Crippen molar-refractivity contribution in [2.24, 2.45) is 21.3 Å². The highest BCUT2D eigenvalue weighted by Crippen LogP contribution is 2.39. The largest absolute Gasteiger partial charge is 0.465 e. The van der Waals surface area contributed by atoms with Crippen LogP contribution >= 0.6 is 46.6 Å². The van der Waals surface area contributed by atoms with Crippen molar-refractivity contribution in [3.05, 3.63) is 35.0 Å². The highest BCUT2D eigenvalue weighted by atomic mass is 32.2. The predicted molar refractivity (Wildman–Crippen MR) is 184 cm³/mol. The van der Waals surface area contributed by atoms with Gasteiger partial charge in [0.25, 0.3) is 11.6 Å². The van der Waals surface area contributed by atoms with Crippen LogP contribution in [0.15, 0.2) is 37.9 Å². The maximum absolute atomic E-state index is 12.3. The van der Waals surface area contributed by atoms with Crippen molar-refractivity contribution in [2.45, 2.75) is 64.3 Å². The zero-order valence-corrected chi connectivity index (χ0v) is 29.9. The van der Waals surface area contributed by atoms with Crippen molar-refractivity contribution in [3.63, 3.8) is 0 Å². The molecular formula is C28H41N9O4S4. The average molecular weight is 696 g/mol. The molecule has 2 heterocycles. The summed E-state index contributed by atoms with van der Waals surface area (Å²) in [5, 5.41) is 26.4. The highest BCUT2D eigenvalue weighted by molar-refractivity contribution is 8.15. The van der Waals surface area contributed by atoms with E-state index in [0.717, 1.165) is 33.3 Å². The molecule has 2 aromatic heterocycles. The molecule has 0 fully saturated rings. The van der Waals surface area contributed by atoms with E-state index in [1.807, 2.05) is 32.5 Å². The number of nitrogens with two attached hydrogens (primary N) is 1. The first kappa shape index (κ1) is 38.2. The number of carbonyl (C=O) groups excluding carboxylic acids is 2. The van der Waals surface area contributed by atoms with Crippen LogP contribution in [-0.4, -0.2) is 62.0 Å². The Kier molecular flexibility index (Phi) is 16.5. The lowest BCUT2D eigenvalue weighted by molar-refractivity contribution is -0.129. The first-order valence-corrected chi connectivity index (χ1v) is 18.1. The molecule has 0 radical (unpaired) electrons. The molecule has 0 aliphatic heterocycles. The van der Waals surface area contributed by atoms with Crippen molar-refractivity contribution in [2.75, 3.05) is 35.3 Å². The molecule has 13 nitrogen and oxygen atoms in total. The molecule has 17 heteroatoms. The fourth-order valence-corrected chi connectivity index (χ4v) is 6.92. The van der Waals surface area contributed by atoms with Gasteiger partial charge in [0.2, 0.25) is 0 Å². The van der Waals surface area contributed by atoms with E-state index in [4.69, 9.17) is 25.8 Å². The topological polar surface area (TPSA) is 183 Å². The number of nitrogen functional groups attached to an aromatic ring is 1. The number of carbonyl (C=O) groups is 2. The lowest BCUT2D eigenvalue weighted by Gasteiger charge is -2.15. The lowest BCUT2D eigenvalue weighted by Crippen LogP contribution is -2.13. The SMILES string of the molecule is CC(C)C.COC(=O)c1cc(COC=O)cc(-n2nc(C(C)(C)C)c(N=Nc3nnc(SCCCSCSCN=N)s3)c2N)c1. The van der Waals surface area contributed by atoms with E-state index >= 15 is 0 Å². The zero-order valence-electron chi connectivity index (χ0n) is 26.6. The zero-order chi connectivity index (χ0) is 33.4. The van der Waals surface area contributed by atoms with E-state index in [-0.39, 0.29) is 18.0 Å². The van der Waals surface area contributed by atoms with Gasteiger partial charge in [-0.2, -0.15) is 22.0 Å². The van der Waals surface area contributed by atoms with Crippen molar-refractivity contribution < 1.29 is 19.1 Å². The molecule has 0 bridgehead atoms. The number of benzene rings is 1. The van der Waals surface area contributed by atoms with E-state index in [2.05, 4.69) is 46.3 Å². The van der Waals surface area contributed by atoms with Crippen LogP contribution in [0.4, 0.5) is 16.6 Å². The summed E-state index contributed by atoms with van der Waals surface area (Å²) in [5.41, 5.74) is 15.1. The van der Waals surface area contributed by atoms with Crippen molar-refractivity contribution >= 4 is 75.7 Å². The minimum Gasteiger partial charge on any atom is -0.465 e. The summed E-state index contributed by atoms with van der Waals surface area (Å²) in [7, 11) is 1.28. The van der Waals surface area contributed by atoms with Gasteiger partial charge in [0.05, 0.1) is 24.1 Å². The molecule has 45 heavy (non-hydrogen) atoms. The minimum atomic E-state index is -0.555. The maximum atomic E-state index is 12.3. The molecule has 246 valence electrons. The summed E-state index contributed by atoms with van der Waals surface area (Å²) in [5.74, 6) is 2.94. The van der Waals surface area contributed by atoms with E-state index < -0.39 is 11.4 Å². The Morgan fingerprint density at radius 1 is 1.16 bits per heavy atom. The Labute approximate surface area is 280 Å². The molecule has 0 atom stereocenters. The van der Waals surface area contributed by atoms with E-state index in [9.17, 15) is 9.59 Å². The third kappa shape index (κ3) is 13.1. The number of methoxy groups -OCH3 is 1. The van der Waals surface area contributed by atoms with Gasteiger partial charge >= 0.3 is 5.97 Å². The lowest BCUT2D eigenvalue weighted by atomic mass is 9.91. The van der Waals surface area contributed by atoms with E-state index in [1.54, 1.807) is 41.7 Å². The third-order valence-corrected chi connectivity index (χ3v) is 9.43. The van der Waals surface area contributed by atoms with Crippen LogP contribution in [0.3, 0.4) is 0 Å². The Morgan fingerprint density at radius 2 is 1.89 bits per heavy atom. The second-order valence-corrected chi connectivity index (χ2v) is 15.8. The van der Waals surface area contributed by atoms with E-state index in [1.165, 1.54) is 23.1 Å². The van der Waals surface area contributed by atoms with Crippen molar-refractivity contribution in [1.82, 2.24) is 20.0 Å². The number of esters is 1. The molecule has 1 aromatic carbocycles. The van der Waals surface area contributed by atoms with Gasteiger partial charge in [-0.1, -0.05) is 64.6 Å². The Balaban J connectivity index is 0.00000166. The summed E-state index contributed by atoms with van der Waals surface area (Å²) in [6.45, 7) is 12.7. The first-order valence-electron chi connectivity index (χ1n) is 13.9. The van der Waals surface area contributed by atoms with E-state index in [0.29, 0.717) is 40.1 Å². The predicted octanol–water partition coefficient (Wildman–Crippen LogP) is 8.04. The van der Waals surface area contributed by atoms with Gasteiger partial charge in [-0.05, 0) is 41.9 Å². The van der Waals surface area contributed by atoms with Gasteiger partial charge in [0.1, 0.15) is 12.5 Å². The number of ether oxygens (including phenoxy) is 2. The molecule has 0 spiro atoms. The molecule has 0 amide bonds. The molecule has 0 unspecified atom stereocenters. The molecular weight excluding hydrogens is 655 g/mol. The van der Waals surface area contributed by atoms with Crippen LogP contribution in [-0.2, 0) is 26.3 Å². The molecule has 0 aliphatic rings. The fraction of sp³-hybridized carbons (Fsp3) is 0.536. The van der Waals surface area contributed by atoms with Crippen LogP contribution in [0.5, 0.6) is 0 Å². The fourth-order valence-electron chi connectivity index (χ4n) is 3.38. The van der Waals surface area contributed by atoms with Crippen LogP contribution in [0.1, 0.15) is 69.6 Å². The molecule has 0 saturated heterocycles. The van der Waals surface area contributed by atoms with Crippen LogP contribution in [0.2, 0.25) is 0 Å². The number of thioether (sulfide) groups is 3. The van der Waals surface area contributed by atoms with Gasteiger partial charge in [0, 0.05) is 16.3 Å². The molecule has 3 aromatic rings. The van der Waals surface area contributed by atoms with Gasteiger partial charge in [0.15, 0.2) is 15.8 Å². The molecule has 3 rings (SSSR count). The number of nitrogens with zero attached hydrogens (tertiary/aromatic N) is 7. The number of nitrogens with one attached hydrogen (secondary N) is 1. The molecule has 0 aliphatic carbocycles. The molecule has 3 N–H and O–H groups in total. The van der Waals surface area contributed by atoms with Gasteiger partial charge in [-0.25, -0.2) is 15.0 Å². The Morgan fingerprint density at radius 3 is 2.53 bits per heavy atom. The summed E-state index contributed by atoms with van der Waals surface area (Å²) in [6, 6.07) is 4.88. The average Bonchev–Trinajstić information content (AvgIpc) is 3.59. The second kappa shape index (κ2) is 19.5. The highest BCUT2D eigenvalue weighted by Gasteiger charge is 2.27. The monoisotopic (exact) mass is 695 g/mol. The first-order chi connectivity index (χ1) is 21.4. The normalized spacial score (nSPS) is 11.4. The van der Waals surface area contributed by atoms with Gasteiger partial charge in [-0.15, -0.1) is 32.2 Å². The van der Waals surface area contributed by atoms with Crippen molar-refractivity contribution in [1.29, 1.82) is 5.53 Å².